The number of anilines is 1. The Kier molecular flexibility index (Phi) is 2.97. The van der Waals surface area contributed by atoms with Crippen molar-refractivity contribution < 1.29 is 9.13 Å². The summed E-state index contributed by atoms with van der Waals surface area (Å²) < 4.78 is 19.6. The van der Waals surface area contributed by atoms with E-state index in [1.54, 1.807) is 12.3 Å². The maximum absolute atomic E-state index is 13.8. The molecule has 17 heavy (non-hydrogen) atoms. The fraction of sp³-hybridized carbons (Fsp3) is 0.615. The molecule has 0 unspecified atom stereocenters. The van der Waals surface area contributed by atoms with E-state index in [4.69, 9.17) is 4.74 Å². The van der Waals surface area contributed by atoms with Crippen molar-refractivity contribution in [2.24, 2.45) is 0 Å². The average Bonchev–Trinajstić information content (AvgIpc) is 2.39. The van der Waals surface area contributed by atoms with E-state index in [1.165, 1.54) is 18.9 Å². The van der Waals surface area contributed by atoms with Gasteiger partial charge in [-0.1, -0.05) is 12.8 Å². The zero-order valence-corrected chi connectivity index (χ0v) is 9.81. The predicted molar refractivity (Wildman–Crippen MR) is 63.5 cm³/mol. The van der Waals surface area contributed by atoms with Gasteiger partial charge in [-0.25, -0.2) is 9.37 Å². The average molecular weight is 236 g/mol. The number of halogens is 1. The molecule has 2 fully saturated rings. The van der Waals surface area contributed by atoms with Gasteiger partial charge < -0.3 is 9.64 Å². The van der Waals surface area contributed by atoms with Gasteiger partial charge in [0.15, 0.2) is 11.6 Å². The van der Waals surface area contributed by atoms with Gasteiger partial charge in [-0.15, -0.1) is 0 Å². The Bertz CT molecular complexity index is 397. The highest BCUT2D eigenvalue weighted by Gasteiger charge is 2.35. The summed E-state index contributed by atoms with van der Waals surface area (Å²) in [7, 11) is 0. The second-order valence-corrected chi connectivity index (χ2v) is 4.76. The van der Waals surface area contributed by atoms with E-state index in [0.717, 1.165) is 19.4 Å². The zero-order chi connectivity index (χ0) is 11.7. The predicted octanol–water partition coefficient (Wildman–Crippen LogP) is 2.37. The molecule has 92 valence electrons. The van der Waals surface area contributed by atoms with E-state index in [2.05, 4.69) is 9.88 Å². The van der Waals surface area contributed by atoms with Crippen LogP contribution in [0.2, 0.25) is 0 Å². The van der Waals surface area contributed by atoms with Gasteiger partial charge in [0.2, 0.25) is 0 Å². The van der Waals surface area contributed by atoms with Crippen molar-refractivity contribution in [2.45, 2.75) is 37.8 Å². The van der Waals surface area contributed by atoms with Gasteiger partial charge in [-0.05, 0) is 25.0 Å². The number of morpholine rings is 1. The monoisotopic (exact) mass is 236 g/mol. The molecule has 1 aliphatic heterocycles. The Balaban J connectivity index is 1.88. The molecule has 0 N–H and O–H groups in total. The second kappa shape index (κ2) is 4.61. The van der Waals surface area contributed by atoms with Crippen LogP contribution in [-0.4, -0.2) is 30.3 Å². The topological polar surface area (TPSA) is 25.4 Å². The van der Waals surface area contributed by atoms with E-state index in [9.17, 15) is 4.39 Å². The number of fused-ring (bicyclic) bond motifs is 1. The summed E-state index contributed by atoms with van der Waals surface area (Å²) in [5.41, 5.74) is 0. The summed E-state index contributed by atoms with van der Waals surface area (Å²) in [4.78, 5) is 6.29. The molecule has 1 aromatic rings. The Morgan fingerprint density at radius 3 is 3.12 bits per heavy atom. The summed E-state index contributed by atoms with van der Waals surface area (Å²) >= 11 is 0. The summed E-state index contributed by atoms with van der Waals surface area (Å²) in [6, 6.07) is 3.43. The third kappa shape index (κ3) is 2.02. The Labute approximate surface area is 101 Å². The van der Waals surface area contributed by atoms with Gasteiger partial charge in [0, 0.05) is 12.7 Å². The lowest BCUT2D eigenvalue weighted by Crippen LogP contribution is -2.53. The van der Waals surface area contributed by atoms with Crippen LogP contribution in [0.1, 0.15) is 25.7 Å². The molecule has 1 saturated heterocycles. The highest BCUT2D eigenvalue weighted by molar-refractivity contribution is 5.42. The van der Waals surface area contributed by atoms with Crippen molar-refractivity contribution in [1.82, 2.24) is 4.98 Å². The second-order valence-electron chi connectivity index (χ2n) is 4.76. The summed E-state index contributed by atoms with van der Waals surface area (Å²) in [5, 5.41) is 0. The molecule has 0 bridgehead atoms. The molecule has 3 nitrogen and oxygen atoms in total. The zero-order valence-electron chi connectivity index (χ0n) is 9.81. The number of nitrogens with zero attached hydrogens (tertiary/aromatic N) is 2. The quantitative estimate of drug-likeness (QED) is 0.748. The molecule has 2 atom stereocenters. The van der Waals surface area contributed by atoms with E-state index in [1.807, 2.05) is 0 Å². The third-order valence-electron chi connectivity index (χ3n) is 3.74. The molecule has 2 aliphatic rings. The lowest BCUT2D eigenvalue weighted by Gasteiger charge is -2.44. The first kappa shape index (κ1) is 11.0. The van der Waals surface area contributed by atoms with Gasteiger partial charge in [0.25, 0.3) is 0 Å². The van der Waals surface area contributed by atoms with Crippen LogP contribution in [0.15, 0.2) is 18.3 Å². The summed E-state index contributed by atoms with van der Waals surface area (Å²) in [5.74, 6) is 0.270. The van der Waals surface area contributed by atoms with E-state index < -0.39 is 0 Å². The maximum atomic E-state index is 13.8. The molecule has 0 aromatic carbocycles. The maximum Gasteiger partial charge on any atom is 0.165 e. The van der Waals surface area contributed by atoms with E-state index in [0.29, 0.717) is 18.5 Å². The fourth-order valence-electron chi connectivity index (χ4n) is 2.95. The molecular weight excluding hydrogens is 219 g/mol. The van der Waals surface area contributed by atoms with Crippen molar-refractivity contribution in [3.05, 3.63) is 24.1 Å². The third-order valence-corrected chi connectivity index (χ3v) is 3.74. The molecule has 0 radical (unpaired) electrons. The molecule has 0 amide bonds. The fourth-order valence-corrected chi connectivity index (χ4v) is 2.95. The van der Waals surface area contributed by atoms with Crippen LogP contribution in [0.25, 0.3) is 0 Å². The highest BCUT2D eigenvalue weighted by atomic mass is 19.1. The standard InChI is InChI=1S/C13H17FN2O/c14-10-4-3-7-15-13(10)16-8-9-17-12-6-2-1-5-11(12)16/h3-4,7,11-12H,1-2,5-6,8-9H2/t11-,12-/m0/s1. The van der Waals surface area contributed by atoms with Crippen LogP contribution in [0.3, 0.4) is 0 Å². The van der Waals surface area contributed by atoms with Crippen molar-refractivity contribution in [3.63, 3.8) is 0 Å². The number of ether oxygens (including phenoxy) is 1. The molecule has 0 spiro atoms. The molecule has 1 saturated carbocycles. The SMILES string of the molecule is Fc1cccnc1N1CCO[C@H]2CCCC[C@@H]21. The minimum absolute atomic E-state index is 0.223. The molecule has 3 rings (SSSR count). The van der Waals surface area contributed by atoms with Gasteiger partial charge >= 0.3 is 0 Å². The smallest absolute Gasteiger partial charge is 0.165 e. The van der Waals surface area contributed by atoms with Gasteiger partial charge in [0.1, 0.15) is 0 Å². The van der Waals surface area contributed by atoms with Gasteiger partial charge in [-0.2, -0.15) is 0 Å². The van der Waals surface area contributed by atoms with Crippen molar-refractivity contribution in [3.8, 4) is 0 Å². The number of hydrogen-bond donors (Lipinski definition) is 0. The van der Waals surface area contributed by atoms with Crippen LogP contribution in [0.4, 0.5) is 10.2 Å². The first-order valence-corrected chi connectivity index (χ1v) is 6.35. The van der Waals surface area contributed by atoms with Crippen LogP contribution in [0.5, 0.6) is 0 Å². The largest absolute Gasteiger partial charge is 0.374 e. The summed E-state index contributed by atoms with van der Waals surface area (Å²) in [6.45, 7) is 1.42. The minimum atomic E-state index is -0.223. The van der Waals surface area contributed by atoms with E-state index in [-0.39, 0.29) is 11.9 Å². The van der Waals surface area contributed by atoms with Gasteiger partial charge in [-0.3, -0.25) is 0 Å². The number of rotatable bonds is 1. The minimum Gasteiger partial charge on any atom is -0.374 e. The number of aromatic nitrogens is 1. The lowest BCUT2D eigenvalue weighted by molar-refractivity contribution is -0.00924. The Hall–Kier alpha value is -1.16. The van der Waals surface area contributed by atoms with Crippen molar-refractivity contribution >= 4 is 5.82 Å². The lowest BCUT2D eigenvalue weighted by atomic mass is 9.90. The van der Waals surface area contributed by atoms with Crippen LogP contribution < -0.4 is 4.90 Å². The van der Waals surface area contributed by atoms with Crippen LogP contribution >= 0.6 is 0 Å². The first-order valence-electron chi connectivity index (χ1n) is 6.35. The molecule has 1 aliphatic carbocycles. The van der Waals surface area contributed by atoms with Gasteiger partial charge in [0.05, 0.1) is 18.8 Å². The molecule has 1 aromatic heterocycles. The number of pyridine rings is 1. The summed E-state index contributed by atoms with van der Waals surface area (Å²) in [6.07, 6.45) is 6.52. The first-order chi connectivity index (χ1) is 8.36. The van der Waals surface area contributed by atoms with Crippen molar-refractivity contribution in [2.75, 3.05) is 18.1 Å². The van der Waals surface area contributed by atoms with Crippen molar-refractivity contribution in [1.29, 1.82) is 0 Å². The molecular formula is C13H17FN2O. The van der Waals surface area contributed by atoms with Crippen LogP contribution in [-0.2, 0) is 4.74 Å². The number of hydrogen-bond acceptors (Lipinski definition) is 3. The normalized spacial score (nSPS) is 28.9. The van der Waals surface area contributed by atoms with E-state index >= 15 is 0 Å². The molecule has 4 heteroatoms. The highest BCUT2D eigenvalue weighted by Crippen LogP contribution is 2.31. The Morgan fingerprint density at radius 2 is 2.24 bits per heavy atom. The Morgan fingerprint density at radius 1 is 1.35 bits per heavy atom. The van der Waals surface area contributed by atoms with Crippen LogP contribution in [0, 0.1) is 5.82 Å². The molecule has 2 heterocycles.